The third-order valence-electron chi connectivity index (χ3n) is 5.24. The van der Waals surface area contributed by atoms with E-state index >= 15 is 0 Å². The Kier molecular flexibility index (Phi) is 6.77. The molecule has 2 N–H and O–H groups in total. The zero-order valence-electron chi connectivity index (χ0n) is 16.8. The molecule has 1 fully saturated rings. The van der Waals surface area contributed by atoms with E-state index in [4.69, 9.17) is 0 Å². The molecule has 0 aliphatic carbocycles. The monoisotopic (exact) mass is 400 g/mol. The van der Waals surface area contributed by atoms with Gasteiger partial charge in [-0.15, -0.1) is 0 Å². The van der Waals surface area contributed by atoms with Crippen molar-refractivity contribution in [2.75, 3.05) is 37.6 Å². The molecule has 1 aromatic carbocycles. The highest BCUT2D eigenvalue weighted by atomic mass is 19.1. The molecular formula is C21H27FN5O2+. The highest BCUT2D eigenvalue weighted by Gasteiger charge is 2.21. The number of piperazine rings is 1. The van der Waals surface area contributed by atoms with Gasteiger partial charge < -0.3 is 14.4 Å². The molecule has 7 nitrogen and oxygen atoms in total. The van der Waals surface area contributed by atoms with E-state index in [1.54, 1.807) is 25.1 Å². The van der Waals surface area contributed by atoms with Crippen LogP contribution in [0.3, 0.4) is 0 Å². The highest BCUT2D eigenvalue weighted by Crippen LogP contribution is 2.21. The molecule has 0 atom stereocenters. The normalized spacial score (nSPS) is 15.4. The summed E-state index contributed by atoms with van der Waals surface area (Å²) in [4.78, 5) is 27.3. The number of carbonyl (C=O) groups excluding carboxylic acids is 1. The van der Waals surface area contributed by atoms with Crippen LogP contribution in [-0.2, 0) is 11.3 Å². The molecule has 0 radical (unpaired) electrons. The third kappa shape index (κ3) is 5.29. The summed E-state index contributed by atoms with van der Waals surface area (Å²) in [6, 6.07) is 9.70. The standard InChI is InChI=1S/C21H26FN5O2/c1-3-25-10-12-26(13-11-25)19-8-7-17(14-18(19)22)16(2)23-24-20(28)15-27-9-5-4-6-21(27)29/h4-9,14H,3,10-13,15H2,1-2H3,(H,24,28)/p+1/b23-16-. The number of pyridine rings is 1. The number of halogens is 1. The van der Waals surface area contributed by atoms with E-state index < -0.39 is 5.91 Å². The van der Waals surface area contributed by atoms with Crippen molar-refractivity contribution in [3.63, 3.8) is 0 Å². The van der Waals surface area contributed by atoms with E-state index in [9.17, 15) is 14.0 Å². The molecule has 0 saturated carbocycles. The summed E-state index contributed by atoms with van der Waals surface area (Å²) >= 11 is 0. The minimum Gasteiger partial charge on any atom is -0.358 e. The van der Waals surface area contributed by atoms with Crippen LogP contribution in [0.1, 0.15) is 19.4 Å². The van der Waals surface area contributed by atoms with Gasteiger partial charge in [-0.1, -0.05) is 12.1 Å². The second-order valence-corrected chi connectivity index (χ2v) is 7.16. The van der Waals surface area contributed by atoms with Crippen molar-refractivity contribution in [1.82, 2.24) is 9.99 Å². The van der Waals surface area contributed by atoms with Gasteiger partial charge in [-0.3, -0.25) is 9.59 Å². The Morgan fingerprint density at radius 3 is 2.66 bits per heavy atom. The van der Waals surface area contributed by atoms with Crippen LogP contribution < -0.4 is 20.8 Å². The summed E-state index contributed by atoms with van der Waals surface area (Å²) in [5.74, 6) is -0.717. The van der Waals surface area contributed by atoms with Gasteiger partial charge in [0.1, 0.15) is 12.4 Å². The Labute approximate surface area is 169 Å². The fourth-order valence-electron chi connectivity index (χ4n) is 3.40. The molecule has 1 aliphatic rings. The first-order valence-corrected chi connectivity index (χ1v) is 9.85. The lowest BCUT2D eigenvalue weighted by atomic mass is 10.1. The smallest absolute Gasteiger partial charge is 0.260 e. The molecule has 2 aromatic rings. The Bertz CT molecular complexity index is 948. The summed E-state index contributed by atoms with van der Waals surface area (Å²) in [5, 5.41) is 4.04. The molecule has 1 aromatic heterocycles. The number of rotatable bonds is 6. The number of benzene rings is 1. The second-order valence-electron chi connectivity index (χ2n) is 7.16. The van der Waals surface area contributed by atoms with Gasteiger partial charge in [-0.2, -0.15) is 5.10 Å². The van der Waals surface area contributed by atoms with Crippen LogP contribution >= 0.6 is 0 Å². The number of hydrogen-bond donors (Lipinski definition) is 2. The highest BCUT2D eigenvalue weighted by molar-refractivity contribution is 5.99. The van der Waals surface area contributed by atoms with Gasteiger partial charge in [0.15, 0.2) is 0 Å². The zero-order valence-corrected chi connectivity index (χ0v) is 16.8. The van der Waals surface area contributed by atoms with Crippen LogP contribution in [0.25, 0.3) is 0 Å². The number of anilines is 1. The van der Waals surface area contributed by atoms with Crippen molar-refractivity contribution in [3.05, 3.63) is 64.3 Å². The van der Waals surface area contributed by atoms with Crippen molar-refractivity contribution in [2.45, 2.75) is 20.4 Å². The second kappa shape index (κ2) is 9.47. The van der Waals surface area contributed by atoms with Crippen molar-refractivity contribution in [3.8, 4) is 0 Å². The summed E-state index contributed by atoms with van der Waals surface area (Å²) in [7, 11) is 0. The molecule has 154 valence electrons. The predicted octanol–water partition coefficient (Wildman–Crippen LogP) is 0.253. The molecule has 0 bridgehead atoms. The van der Waals surface area contributed by atoms with Crippen molar-refractivity contribution in [2.24, 2.45) is 5.10 Å². The van der Waals surface area contributed by atoms with E-state index in [0.717, 1.165) is 32.7 Å². The van der Waals surface area contributed by atoms with Gasteiger partial charge in [-0.25, -0.2) is 9.82 Å². The molecule has 0 spiro atoms. The molecular weight excluding hydrogens is 373 g/mol. The molecule has 1 saturated heterocycles. The first kappa shape index (κ1) is 20.7. The lowest BCUT2D eigenvalue weighted by Crippen LogP contribution is -3.14. The minimum absolute atomic E-state index is 0.129. The number of hydrazone groups is 1. The quantitative estimate of drug-likeness (QED) is 0.540. The van der Waals surface area contributed by atoms with Gasteiger partial charge in [0.2, 0.25) is 0 Å². The lowest BCUT2D eigenvalue weighted by molar-refractivity contribution is -0.898. The molecule has 1 amide bonds. The maximum Gasteiger partial charge on any atom is 0.260 e. The molecule has 0 unspecified atom stereocenters. The van der Waals surface area contributed by atoms with E-state index in [1.165, 1.54) is 27.8 Å². The lowest BCUT2D eigenvalue weighted by Gasteiger charge is -2.33. The van der Waals surface area contributed by atoms with E-state index in [1.807, 2.05) is 6.07 Å². The first-order valence-electron chi connectivity index (χ1n) is 9.85. The molecule has 8 heteroatoms. The topological polar surface area (TPSA) is 71.1 Å². The maximum absolute atomic E-state index is 14.7. The van der Waals surface area contributed by atoms with Crippen molar-refractivity contribution < 1.29 is 14.1 Å². The largest absolute Gasteiger partial charge is 0.358 e. The molecule has 3 rings (SSSR count). The Morgan fingerprint density at radius 1 is 1.24 bits per heavy atom. The van der Waals surface area contributed by atoms with Gasteiger partial charge >= 0.3 is 0 Å². The van der Waals surface area contributed by atoms with Crippen LogP contribution in [0.2, 0.25) is 0 Å². The average Bonchev–Trinajstić information content (AvgIpc) is 2.73. The summed E-state index contributed by atoms with van der Waals surface area (Å²) < 4.78 is 16.0. The van der Waals surface area contributed by atoms with Gasteiger partial charge in [0.25, 0.3) is 11.5 Å². The molecule has 1 aliphatic heterocycles. The zero-order chi connectivity index (χ0) is 20.8. The maximum atomic E-state index is 14.7. The number of aromatic nitrogens is 1. The third-order valence-corrected chi connectivity index (χ3v) is 5.24. The van der Waals surface area contributed by atoms with Crippen LogP contribution in [0, 0.1) is 5.82 Å². The molecule has 2 heterocycles. The number of carbonyl (C=O) groups is 1. The minimum atomic E-state index is -0.425. The van der Waals surface area contributed by atoms with Crippen LogP contribution in [-0.4, -0.2) is 48.9 Å². The van der Waals surface area contributed by atoms with E-state index in [2.05, 4.69) is 22.4 Å². The van der Waals surface area contributed by atoms with E-state index in [-0.39, 0.29) is 17.9 Å². The van der Waals surface area contributed by atoms with Crippen LogP contribution in [0.4, 0.5) is 10.1 Å². The van der Waals surface area contributed by atoms with Crippen LogP contribution in [0.15, 0.2) is 52.5 Å². The van der Waals surface area contributed by atoms with Crippen molar-refractivity contribution >= 4 is 17.3 Å². The fourth-order valence-corrected chi connectivity index (χ4v) is 3.40. The first-order chi connectivity index (χ1) is 14.0. The number of nitrogens with one attached hydrogen (secondary N) is 2. The number of nitrogens with zero attached hydrogens (tertiary/aromatic N) is 3. The number of amides is 1. The predicted molar refractivity (Wildman–Crippen MR) is 111 cm³/mol. The molecule has 29 heavy (non-hydrogen) atoms. The Balaban J connectivity index is 1.62. The summed E-state index contributed by atoms with van der Waals surface area (Å²) in [6.45, 7) is 8.52. The number of hydrogen-bond acceptors (Lipinski definition) is 4. The summed E-state index contributed by atoms with van der Waals surface area (Å²) in [6.07, 6.45) is 1.54. The Hall–Kier alpha value is -3.00. The van der Waals surface area contributed by atoms with Gasteiger partial charge in [0.05, 0.1) is 44.1 Å². The Morgan fingerprint density at radius 2 is 2.00 bits per heavy atom. The number of quaternary nitrogens is 1. The number of likely N-dealkylation sites (N-methyl/N-ethyl adjacent to an activating group) is 1. The van der Waals surface area contributed by atoms with Gasteiger partial charge in [0, 0.05) is 17.8 Å². The van der Waals surface area contributed by atoms with Crippen LogP contribution in [0.5, 0.6) is 0 Å². The fraction of sp³-hybridized carbons (Fsp3) is 0.381. The summed E-state index contributed by atoms with van der Waals surface area (Å²) in [5.41, 5.74) is 3.85. The SMILES string of the molecule is CC[NH+]1CCN(c2ccc(/C(C)=N\NC(=O)Cn3ccccc3=O)cc2F)CC1. The van der Waals surface area contributed by atoms with E-state index in [0.29, 0.717) is 17.0 Å². The van der Waals surface area contributed by atoms with Gasteiger partial charge in [-0.05, 0) is 32.0 Å². The van der Waals surface area contributed by atoms with Crippen molar-refractivity contribution in [1.29, 1.82) is 0 Å². The average molecular weight is 400 g/mol.